The number of amides is 1. The molecule has 1 aliphatic rings. The highest BCUT2D eigenvalue weighted by Crippen LogP contribution is 2.20. The molecular weight excluding hydrogens is 432 g/mol. The molecule has 0 radical (unpaired) electrons. The number of carboxylic acid groups (broad SMARTS) is 1. The van der Waals surface area contributed by atoms with Gasteiger partial charge in [-0.05, 0) is 68.8 Å². The van der Waals surface area contributed by atoms with Crippen LogP contribution in [0, 0.1) is 0 Å². The molecule has 0 aromatic carbocycles. The normalized spacial score (nSPS) is 13.6. The molecule has 2 aromatic heterocycles. The number of fused-ring (bicyclic) bond motifs is 1. The number of unbranched alkanes of at least 4 members (excludes halogenated alkanes) is 1. The summed E-state index contributed by atoms with van der Waals surface area (Å²) in [7, 11) is 0. The molecule has 0 saturated heterocycles. The highest BCUT2D eigenvalue weighted by molar-refractivity contribution is 5.77. The van der Waals surface area contributed by atoms with E-state index >= 15 is 0 Å². The van der Waals surface area contributed by atoms with Crippen LogP contribution in [-0.4, -0.2) is 70.6 Å². The number of aromatic nitrogens is 2. The predicted molar refractivity (Wildman–Crippen MR) is 133 cm³/mol. The SMILES string of the molecule is CC(=O)NCCN(CCCCc1ccc2c(n1)NCCC2)CCC(Nc1cccnc1)C(=O)O. The van der Waals surface area contributed by atoms with Gasteiger partial charge >= 0.3 is 5.97 Å². The monoisotopic (exact) mass is 468 g/mol. The van der Waals surface area contributed by atoms with E-state index < -0.39 is 12.0 Å². The second kappa shape index (κ2) is 13.5. The number of nitrogens with zero attached hydrogens (tertiary/aromatic N) is 3. The average molecular weight is 469 g/mol. The zero-order valence-electron chi connectivity index (χ0n) is 19.9. The van der Waals surface area contributed by atoms with Crippen molar-refractivity contribution in [3.05, 3.63) is 47.9 Å². The van der Waals surface area contributed by atoms with Gasteiger partial charge in [-0.1, -0.05) is 6.07 Å². The summed E-state index contributed by atoms with van der Waals surface area (Å²) in [5.74, 6) is 0.0768. The number of aryl methyl sites for hydroxylation is 2. The van der Waals surface area contributed by atoms with Crippen LogP contribution in [0.25, 0.3) is 0 Å². The molecule has 0 bridgehead atoms. The van der Waals surface area contributed by atoms with E-state index in [1.54, 1.807) is 18.5 Å². The van der Waals surface area contributed by atoms with Gasteiger partial charge in [0.25, 0.3) is 0 Å². The largest absolute Gasteiger partial charge is 0.480 e. The quantitative estimate of drug-likeness (QED) is 0.312. The smallest absolute Gasteiger partial charge is 0.326 e. The lowest BCUT2D eigenvalue weighted by Gasteiger charge is -2.25. The van der Waals surface area contributed by atoms with Crippen molar-refractivity contribution in [1.82, 2.24) is 20.2 Å². The van der Waals surface area contributed by atoms with E-state index in [1.165, 1.54) is 12.5 Å². The minimum Gasteiger partial charge on any atom is -0.480 e. The summed E-state index contributed by atoms with van der Waals surface area (Å²) in [5.41, 5.74) is 3.09. The molecule has 9 nitrogen and oxygen atoms in total. The highest BCUT2D eigenvalue weighted by atomic mass is 16.4. The van der Waals surface area contributed by atoms with E-state index in [0.29, 0.717) is 31.7 Å². The van der Waals surface area contributed by atoms with Crippen LogP contribution in [-0.2, 0) is 22.4 Å². The molecule has 3 heterocycles. The van der Waals surface area contributed by atoms with Crippen LogP contribution < -0.4 is 16.0 Å². The van der Waals surface area contributed by atoms with Gasteiger partial charge in [0.2, 0.25) is 5.91 Å². The molecule has 1 amide bonds. The molecule has 3 rings (SSSR count). The van der Waals surface area contributed by atoms with Crippen molar-refractivity contribution < 1.29 is 14.7 Å². The summed E-state index contributed by atoms with van der Waals surface area (Å²) in [4.78, 5) is 34.1. The first-order chi connectivity index (χ1) is 16.5. The number of anilines is 2. The molecule has 0 fully saturated rings. The number of pyridine rings is 2. The number of rotatable bonds is 14. The molecule has 184 valence electrons. The fourth-order valence-electron chi connectivity index (χ4n) is 4.09. The lowest BCUT2D eigenvalue weighted by Crippen LogP contribution is -2.39. The van der Waals surface area contributed by atoms with Gasteiger partial charge < -0.3 is 26.0 Å². The van der Waals surface area contributed by atoms with Gasteiger partial charge in [0.05, 0.1) is 5.69 Å². The maximum atomic E-state index is 11.8. The fraction of sp³-hybridized carbons (Fsp3) is 0.520. The van der Waals surface area contributed by atoms with Crippen LogP contribution in [0.2, 0.25) is 0 Å². The summed E-state index contributed by atoms with van der Waals surface area (Å²) < 4.78 is 0. The molecule has 2 aromatic rings. The molecule has 0 saturated carbocycles. The number of carbonyl (C=O) groups excluding carboxylic acids is 1. The van der Waals surface area contributed by atoms with Crippen molar-refractivity contribution in [3.63, 3.8) is 0 Å². The Morgan fingerprint density at radius 2 is 2.09 bits per heavy atom. The Morgan fingerprint density at radius 1 is 1.21 bits per heavy atom. The Bertz CT molecular complexity index is 924. The third kappa shape index (κ3) is 8.62. The third-order valence-corrected chi connectivity index (χ3v) is 5.95. The highest BCUT2D eigenvalue weighted by Gasteiger charge is 2.19. The minimum atomic E-state index is -0.891. The Morgan fingerprint density at radius 3 is 2.85 bits per heavy atom. The van der Waals surface area contributed by atoms with Gasteiger partial charge in [-0.2, -0.15) is 0 Å². The van der Waals surface area contributed by atoms with Crippen LogP contribution in [0.1, 0.15) is 43.9 Å². The van der Waals surface area contributed by atoms with Crippen molar-refractivity contribution in [2.45, 2.75) is 51.5 Å². The number of carboxylic acids is 1. The van der Waals surface area contributed by atoms with Crippen molar-refractivity contribution >= 4 is 23.4 Å². The first-order valence-electron chi connectivity index (χ1n) is 12.1. The second-order valence-corrected chi connectivity index (χ2v) is 8.69. The number of hydrogen-bond donors (Lipinski definition) is 4. The molecule has 1 unspecified atom stereocenters. The maximum Gasteiger partial charge on any atom is 0.326 e. The Kier molecular flexibility index (Phi) is 10.1. The summed E-state index contributed by atoms with van der Waals surface area (Å²) in [6.07, 6.45) is 8.85. The lowest BCUT2D eigenvalue weighted by atomic mass is 10.1. The zero-order valence-corrected chi connectivity index (χ0v) is 19.9. The average Bonchev–Trinajstić information content (AvgIpc) is 2.84. The van der Waals surface area contributed by atoms with E-state index in [1.807, 2.05) is 6.07 Å². The summed E-state index contributed by atoms with van der Waals surface area (Å²) in [6.45, 7) is 5.16. The van der Waals surface area contributed by atoms with Gasteiger partial charge in [-0.3, -0.25) is 9.78 Å². The first-order valence-corrected chi connectivity index (χ1v) is 12.1. The second-order valence-electron chi connectivity index (χ2n) is 8.69. The van der Waals surface area contributed by atoms with E-state index in [9.17, 15) is 14.7 Å². The van der Waals surface area contributed by atoms with E-state index in [2.05, 4.69) is 38.0 Å². The number of aliphatic carboxylic acids is 1. The summed E-state index contributed by atoms with van der Waals surface area (Å²) >= 11 is 0. The zero-order chi connectivity index (χ0) is 24.2. The van der Waals surface area contributed by atoms with Crippen molar-refractivity contribution in [1.29, 1.82) is 0 Å². The van der Waals surface area contributed by atoms with Crippen LogP contribution in [0.3, 0.4) is 0 Å². The Hall–Kier alpha value is -3.20. The summed E-state index contributed by atoms with van der Waals surface area (Å²) in [5, 5.41) is 18.9. The van der Waals surface area contributed by atoms with Gasteiger partial charge in [0.1, 0.15) is 11.9 Å². The topological polar surface area (TPSA) is 119 Å². The van der Waals surface area contributed by atoms with E-state index in [4.69, 9.17) is 4.98 Å². The molecule has 4 N–H and O–H groups in total. The minimum absolute atomic E-state index is 0.0614. The molecule has 9 heteroatoms. The van der Waals surface area contributed by atoms with E-state index in [-0.39, 0.29) is 5.91 Å². The number of nitrogens with one attached hydrogen (secondary N) is 3. The van der Waals surface area contributed by atoms with Gasteiger partial charge in [0, 0.05) is 51.2 Å². The summed E-state index contributed by atoms with van der Waals surface area (Å²) in [6, 6.07) is 7.18. The van der Waals surface area contributed by atoms with Gasteiger partial charge in [-0.25, -0.2) is 9.78 Å². The van der Waals surface area contributed by atoms with Crippen LogP contribution in [0.15, 0.2) is 36.7 Å². The Balaban J connectivity index is 1.48. The van der Waals surface area contributed by atoms with Gasteiger partial charge in [0.15, 0.2) is 0 Å². The van der Waals surface area contributed by atoms with Crippen LogP contribution in [0.4, 0.5) is 11.5 Å². The van der Waals surface area contributed by atoms with Gasteiger partial charge in [-0.15, -0.1) is 0 Å². The van der Waals surface area contributed by atoms with E-state index in [0.717, 1.165) is 56.7 Å². The molecular formula is C25H36N6O3. The molecule has 1 aliphatic heterocycles. The van der Waals surface area contributed by atoms with Crippen molar-refractivity contribution in [3.8, 4) is 0 Å². The molecule has 0 aliphatic carbocycles. The van der Waals surface area contributed by atoms with Crippen LogP contribution >= 0.6 is 0 Å². The fourth-order valence-corrected chi connectivity index (χ4v) is 4.09. The van der Waals surface area contributed by atoms with Crippen molar-refractivity contribution in [2.75, 3.05) is 43.4 Å². The number of hydrogen-bond acceptors (Lipinski definition) is 7. The lowest BCUT2D eigenvalue weighted by molar-refractivity contribution is -0.138. The standard InChI is InChI=1S/C25H36N6O3/c1-19(32)27-14-17-31(16-11-23(25(33)34)29-22-8-5-12-26-18-22)15-3-2-7-21-10-9-20-6-4-13-28-24(20)30-21/h5,8-10,12,18,23,29H,2-4,6-7,11,13-17H2,1H3,(H,27,32)(H,28,30)(H,33,34). The van der Waals surface area contributed by atoms with Crippen molar-refractivity contribution in [2.24, 2.45) is 0 Å². The maximum absolute atomic E-state index is 11.8. The first kappa shape index (κ1) is 25.4. The molecule has 0 spiro atoms. The molecule has 34 heavy (non-hydrogen) atoms. The predicted octanol–water partition coefficient (Wildman–Crippen LogP) is 2.55. The Labute approximate surface area is 201 Å². The van der Waals surface area contributed by atoms with Crippen LogP contribution in [0.5, 0.6) is 0 Å². The number of carbonyl (C=O) groups is 2. The third-order valence-electron chi connectivity index (χ3n) is 5.95. The molecule has 1 atom stereocenters.